The number of ether oxygens (including phenoxy) is 2. The number of oxazole rings is 1. The van der Waals surface area contributed by atoms with Crippen molar-refractivity contribution in [2.75, 3.05) is 6.61 Å². The topological polar surface area (TPSA) is 90.2 Å². The average molecular weight is 237 g/mol. The molecule has 0 aliphatic carbocycles. The van der Waals surface area contributed by atoms with Crippen LogP contribution in [-0.2, 0) is 4.74 Å². The minimum Gasteiger partial charge on any atom is -0.461 e. The third-order valence-corrected chi connectivity index (χ3v) is 1.84. The Morgan fingerprint density at radius 3 is 3.06 bits per heavy atom. The van der Waals surface area contributed by atoms with Crippen molar-refractivity contribution < 1.29 is 18.7 Å². The summed E-state index contributed by atoms with van der Waals surface area (Å²) in [6, 6.07) is 1.67. The Morgan fingerprint density at radius 1 is 1.59 bits per heavy atom. The molecule has 0 amide bonds. The molecule has 0 radical (unpaired) electrons. The van der Waals surface area contributed by atoms with Crippen molar-refractivity contribution in [1.82, 2.24) is 15.2 Å². The number of nitrogens with one attached hydrogen (secondary N) is 1. The van der Waals surface area contributed by atoms with Gasteiger partial charge in [0.1, 0.15) is 6.26 Å². The molecule has 0 saturated heterocycles. The van der Waals surface area contributed by atoms with Crippen molar-refractivity contribution in [2.24, 2.45) is 0 Å². The predicted molar refractivity (Wildman–Crippen MR) is 55.9 cm³/mol. The highest BCUT2D eigenvalue weighted by Crippen LogP contribution is 2.19. The average Bonchev–Trinajstić information content (AvgIpc) is 2.89. The largest absolute Gasteiger partial charge is 0.461 e. The maximum absolute atomic E-state index is 11.3. The fourth-order valence-electron chi connectivity index (χ4n) is 1.14. The fourth-order valence-corrected chi connectivity index (χ4v) is 1.14. The van der Waals surface area contributed by atoms with Gasteiger partial charge in [-0.3, -0.25) is 5.10 Å². The van der Waals surface area contributed by atoms with Gasteiger partial charge in [0, 0.05) is 11.8 Å². The normalized spacial score (nSPS) is 10.2. The number of nitrogens with zero attached hydrogens (tertiary/aromatic N) is 2. The molecule has 0 saturated carbocycles. The Morgan fingerprint density at radius 2 is 2.41 bits per heavy atom. The zero-order valence-electron chi connectivity index (χ0n) is 9.39. The molecule has 7 nitrogen and oxygen atoms in total. The van der Waals surface area contributed by atoms with Gasteiger partial charge in [-0.25, -0.2) is 4.79 Å². The van der Waals surface area contributed by atoms with Gasteiger partial charge >= 0.3 is 12.0 Å². The van der Waals surface area contributed by atoms with E-state index in [-0.39, 0.29) is 18.4 Å². The summed E-state index contributed by atoms with van der Waals surface area (Å²) in [6.07, 6.45) is 1.12. The van der Waals surface area contributed by atoms with Crippen LogP contribution in [0.25, 0.3) is 0 Å². The summed E-state index contributed by atoms with van der Waals surface area (Å²) in [5.74, 6) is -0.232. The van der Waals surface area contributed by atoms with Crippen molar-refractivity contribution in [2.45, 2.75) is 13.8 Å². The molecular formula is C10H11N3O4. The van der Waals surface area contributed by atoms with Crippen LogP contribution in [0, 0.1) is 6.92 Å². The van der Waals surface area contributed by atoms with Crippen LogP contribution in [0.2, 0.25) is 0 Å². The number of rotatable bonds is 4. The molecule has 0 spiro atoms. The van der Waals surface area contributed by atoms with E-state index < -0.39 is 5.97 Å². The van der Waals surface area contributed by atoms with Crippen molar-refractivity contribution in [3.05, 3.63) is 23.7 Å². The minimum atomic E-state index is -0.552. The molecular weight excluding hydrogens is 226 g/mol. The number of aromatic amines is 1. The molecule has 1 N–H and O–H groups in total. The van der Waals surface area contributed by atoms with Crippen molar-refractivity contribution >= 4 is 5.97 Å². The monoisotopic (exact) mass is 237 g/mol. The van der Waals surface area contributed by atoms with Crippen LogP contribution >= 0.6 is 0 Å². The summed E-state index contributed by atoms with van der Waals surface area (Å²) in [5, 5.41) is 6.54. The van der Waals surface area contributed by atoms with Crippen LogP contribution in [0.4, 0.5) is 0 Å². The van der Waals surface area contributed by atoms with Crippen LogP contribution in [0.15, 0.2) is 16.7 Å². The van der Waals surface area contributed by atoms with Gasteiger partial charge in [-0.05, 0) is 13.8 Å². The van der Waals surface area contributed by atoms with Crippen LogP contribution in [0.1, 0.15) is 23.1 Å². The van der Waals surface area contributed by atoms with E-state index in [1.807, 2.05) is 6.92 Å². The lowest BCUT2D eigenvalue weighted by molar-refractivity contribution is 0.0519. The number of H-pyrrole nitrogens is 1. The Labute approximate surface area is 96.7 Å². The Hall–Kier alpha value is -2.31. The van der Waals surface area contributed by atoms with Crippen molar-refractivity contribution in [3.8, 4) is 12.0 Å². The summed E-state index contributed by atoms with van der Waals surface area (Å²) in [7, 11) is 0. The molecule has 0 unspecified atom stereocenters. The van der Waals surface area contributed by atoms with Crippen LogP contribution < -0.4 is 4.74 Å². The number of carbonyl (C=O) groups is 1. The first-order valence-electron chi connectivity index (χ1n) is 5.01. The molecule has 2 aromatic heterocycles. The van der Waals surface area contributed by atoms with E-state index >= 15 is 0 Å². The summed E-state index contributed by atoms with van der Waals surface area (Å²) >= 11 is 0. The van der Waals surface area contributed by atoms with Crippen LogP contribution in [-0.4, -0.2) is 27.8 Å². The molecule has 2 aromatic rings. The van der Waals surface area contributed by atoms with Gasteiger partial charge < -0.3 is 13.9 Å². The first kappa shape index (κ1) is 11.2. The fraction of sp³-hybridized carbons (Fsp3) is 0.300. The second kappa shape index (κ2) is 4.69. The number of hydrogen-bond acceptors (Lipinski definition) is 6. The summed E-state index contributed by atoms with van der Waals surface area (Å²) in [6.45, 7) is 3.82. The first-order valence-corrected chi connectivity index (χ1v) is 5.01. The molecule has 2 rings (SSSR count). The first-order chi connectivity index (χ1) is 8.19. The summed E-state index contributed by atoms with van der Waals surface area (Å²) in [4.78, 5) is 15.1. The van der Waals surface area contributed by atoms with Crippen LogP contribution in [0.3, 0.4) is 0 Å². The maximum atomic E-state index is 11.3. The highest BCUT2D eigenvalue weighted by atomic mass is 16.6. The molecule has 0 aliphatic heterocycles. The van der Waals surface area contributed by atoms with Gasteiger partial charge in [-0.15, -0.1) is 5.10 Å². The lowest BCUT2D eigenvalue weighted by Gasteiger charge is -1.95. The molecule has 0 fully saturated rings. The summed E-state index contributed by atoms with van der Waals surface area (Å²) < 4.78 is 14.9. The van der Waals surface area contributed by atoms with Crippen molar-refractivity contribution in [1.29, 1.82) is 0 Å². The van der Waals surface area contributed by atoms with Gasteiger partial charge in [-0.2, -0.15) is 4.98 Å². The lowest BCUT2D eigenvalue weighted by Crippen LogP contribution is -2.04. The molecule has 2 heterocycles. The van der Waals surface area contributed by atoms with Crippen molar-refractivity contribution in [3.63, 3.8) is 0 Å². The van der Waals surface area contributed by atoms with E-state index in [0.29, 0.717) is 5.88 Å². The quantitative estimate of drug-likeness (QED) is 0.813. The molecule has 17 heavy (non-hydrogen) atoms. The van der Waals surface area contributed by atoms with E-state index in [0.717, 1.165) is 5.69 Å². The third-order valence-electron chi connectivity index (χ3n) is 1.84. The Bertz CT molecular complexity index is 517. The number of aromatic nitrogens is 3. The third kappa shape index (κ3) is 2.63. The molecule has 0 aliphatic rings. The molecule has 0 bridgehead atoms. The summed E-state index contributed by atoms with van der Waals surface area (Å²) in [5.41, 5.74) is 0.909. The number of aryl methyl sites for hydroxylation is 1. The number of esters is 1. The highest BCUT2D eigenvalue weighted by Gasteiger charge is 2.15. The Balaban J connectivity index is 2.06. The molecule has 7 heteroatoms. The standard InChI is InChI=1S/C10H11N3O4/c1-3-15-9(14)7-5-16-10(11-7)17-8-4-6(2)12-13-8/h4-5H,3H2,1-2H3,(H,12,13). The van der Waals surface area contributed by atoms with E-state index in [4.69, 9.17) is 13.9 Å². The Kier molecular flexibility index (Phi) is 3.08. The van der Waals surface area contributed by atoms with Gasteiger partial charge in [0.05, 0.1) is 6.61 Å². The van der Waals surface area contributed by atoms with E-state index in [1.54, 1.807) is 13.0 Å². The van der Waals surface area contributed by atoms with Gasteiger partial charge in [0.25, 0.3) is 0 Å². The second-order valence-corrected chi connectivity index (χ2v) is 3.21. The van der Waals surface area contributed by atoms with Gasteiger partial charge in [-0.1, -0.05) is 0 Å². The zero-order valence-corrected chi connectivity index (χ0v) is 9.39. The molecule has 90 valence electrons. The van der Waals surface area contributed by atoms with Gasteiger partial charge in [0.15, 0.2) is 5.69 Å². The SMILES string of the molecule is CCOC(=O)c1coc(Oc2cc(C)[nH]n2)n1. The van der Waals surface area contributed by atoms with E-state index in [2.05, 4.69) is 15.2 Å². The smallest absolute Gasteiger partial charge is 0.401 e. The minimum absolute atomic E-state index is 0.0560. The van der Waals surface area contributed by atoms with Gasteiger partial charge in [0.2, 0.25) is 5.88 Å². The second-order valence-electron chi connectivity index (χ2n) is 3.21. The lowest BCUT2D eigenvalue weighted by atomic mass is 10.5. The zero-order chi connectivity index (χ0) is 12.3. The molecule has 0 atom stereocenters. The van der Waals surface area contributed by atoms with E-state index in [9.17, 15) is 4.79 Å². The predicted octanol–water partition coefficient (Wildman–Crippen LogP) is 1.68. The highest BCUT2D eigenvalue weighted by molar-refractivity contribution is 5.86. The number of carbonyl (C=O) groups excluding carboxylic acids is 1. The van der Waals surface area contributed by atoms with E-state index in [1.165, 1.54) is 6.26 Å². The molecule has 0 aromatic carbocycles. The number of hydrogen-bond donors (Lipinski definition) is 1. The maximum Gasteiger partial charge on any atom is 0.401 e. The van der Waals surface area contributed by atoms with Crippen LogP contribution in [0.5, 0.6) is 12.0 Å².